The van der Waals surface area contributed by atoms with Crippen LogP contribution in [0.3, 0.4) is 0 Å². The van der Waals surface area contributed by atoms with Gasteiger partial charge in [-0.3, -0.25) is 0 Å². The molecule has 0 heterocycles. The van der Waals surface area contributed by atoms with Crippen LogP contribution in [0.2, 0.25) is 5.02 Å². The molecular weight excluding hydrogens is 242 g/mol. The summed E-state index contributed by atoms with van der Waals surface area (Å²) in [5.74, 6) is 1.89. The van der Waals surface area contributed by atoms with Gasteiger partial charge in [-0.05, 0) is 61.6 Å². The second-order valence-corrected chi connectivity index (χ2v) is 6.65. The zero-order valence-electron chi connectivity index (χ0n) is 11.1. The van der Waals surface area contributed by atoms with E-state index < -0.39 is 0 Å². The van der Waals surface area contributed by atoms with Crippen molar-refractivity contribution in [2.45, 2.75) is 32.1 Å². The highest BCUT2D eigenvalue weighted by molar-refractivity contribution is 6.31. The average Bonchev–Trinajstić information content (AvgIpc) is 2.93. The van der Waals surface area contributed by atoms with E-state index in [1.165, 1.54) is 31.2 Å². The Morgan fingerprint density at radius 3 is 2.78 bits per heavy atom. The molecule has 2 bridgehead atoms. The van der Waals surface area contributed by atoms with Gasteiger partial charge in [0.15, 0.2) is 0 Å². The summed E-state index contributed by atoms with van der Waals surface area (Å²) in [6.07, 6.45) is 6.87. The number of hydrogen-bond acceptors (Lipinski definition) is 1. The minimum Gasteiger partial charge on any atom is -0.319 e. The van der Waals surface area contributed by atoms with E-state index in [-0.39, 0.29) is 0 Å². The van der Waals surface area contributed by atoms with Gasteiger partial charge in [-0.25, -0.2) is 0 Å². The summed E-state index contributed by atoms with van der Waals surface area (Å²) in [5, 5.41) is 4.37. The van der Waals surface area contributed by atoms with Crippen LogP contribution in [0.4, 0.5) is 0 Å². The van der Waals surface area contributed by atoms with Crippen LogP contribution in [-0.2, 0) is 6.42 Å². The van der Waals surface area contributed by atoms with Gasteiger partial charge in [0, 0.05) is 11.6 Å². The zero-order chi connectivity index (χ0) is 12.6. The fourth-order valence-electron chi connectivity index (χ4n) is 4.43. The van der Waals surface area contributed by atoms with Crippen molar-refractivity contribution in [1.29, 1.82) is 0 Å². The Balaban J connectivity index is 1.85. The van der Waals surface area contributed by atoms with Gasteiger partial charge in [0.2, 0.25) is 0 Å². The summed E-state index contributed by atoms with van der Waals surface area (Å²) in [4.78, 5) is 0. The van der Waals surface area contributed by atoms with Crippen LogP contribution in [0.5, 0.6) is 0 Å². The SMILES string of the molecule is CNCC1(Cc2ccccc2Cl)CC2CCC1C2. The quantitative estimate of drug-likeness (QED) is 0.869. The normalized spacial score (nSPS) is 34.1. The second-order valence-electron chi connectivity index (χ2n) is 6.24. The van der Waals surface area contributed by atoms with Crippen molar-refractivity contribution in [1.82, 2.24) is 5.32 Å². The van der Waals surface area contributed by atoms with Gasteiger partial charge in [0.1, 0.15) is 0 Å². The molecule has 1 N–H and O–H groups in total. The molecule has 2 heteroatoms. The van der Waals surface area contributed by atoms with Gasteiger partial charge in [0.25, 0.3) is 0 Å². The Labute approximate surface area is 115 Å². The van der Waals surface area contributed by atoms with E-state index in [1.54, 1.807) is 0 Å². The standard InChI is InChI=1S/C16H22ClN/c1-18-11-16(9-12-6-7-14(16)8-12)10-13-4-2-3-5-15(13)17/h2-5,12,14,18H,6-11H2,1H3. The third-order valence-corrected chi connectivity index (χ3v) is 5.50. The summed E-state index contributed by atoms with van der Waals surface area (Å²) < 4.78 is 0. The molecule has 3 unspecified atom stereocenters. The minimum absolute atomic E-state index is 0.461. The molecule has 0 saturated heterocycles. The molecule has 2 saturated carbocycles. The van der Waals surface area contributed by atoms with E-state index in [2.05, 4.69) is 24.5 Å². The molecule has 18 heavy (non-hydrogen) atoms. The highest BCUT2D eigenvalue weighted by atomic mass is 35.5. The predicted molar refractivity (Wildman–Crippen MR) is 77.0 cm³/mol. The van der Waals surface area contributed by atoms with Crippen LogP contribution in [-0.4, -0.2) is 13.6 Å². The molecule has 2 fully saturated rings. The van der Waals surface area contributed by atoms with Gasteiger partial charge in [-0.1, -0.05) is 36.2 Å². The lowest BCUT2D eigenvalue weighted by atomic mass is 9.69. The van der Waals surface area contributed by atoms with E-state index in [0.717, 1.165) is 29.8 Å². The summed E-state index contributed by atoms with van der Waals surface area (Å²) >= 11 is 6.35. The maximum atomic E-state index is 6.35. The van der Waals surface area contributed by atoms with Gasteiger partial charge < -0.3 is 5.32 Å². The highest BCUT2D eigenvalue weighted by Crippen LogP contribution is 2.57. The Morgan fingerprint density at radius 2 is 2.17 bits per heavy atom. The van der Waals surface area contributed by atoms with Crippen molar-refractivity contribution in [3.8, 4) is 0 Å². The lowest BCUT2D eigenvalue weighted by molar-refractivity contribution is 0.160. The number of fused-ring (bicyclic) bond motifs is 2. The first-order chi connectivity index (χ1) is 8.73. The third-order valence-electron chi connectivity index (χ3n) is 5.13. The molecular formula is C16H22ClN. The largest absolute Gasteiger partial charge is 0.319 e. The van der Waals surface area contributed by atoms with Crippen molar-refractivity contribution in [2.24, 2.45) is 17.3 Å². The molecule has 0 aromatic heterocycles. The average molecular weight is 264 g/mol. The van der Waals surface area contributed by atoms with Crippen LogP contribution in [0.1, 0.15) is 31.2 Å². The monoisotopic (exact) mass is 263 g/mol. The van der Waals surface area contributed by atoms with Gasteiger partial charge in [0.05, 0.1) is 0 Å². The van der Waals surface area contributed by atoms with Crippen LogP contribution in [0, 0.1) is 17.3 Å². The molecule has 3 atom stereocenters. The van der Waals surface area contributed by atoms with Crippen LogP contribution in [0.25, 0.3) is 0 Å². The van der Waals surface area contributed by atoms with Crippen LogP contribution < -0.4 is 5.32 Å². The van der Waals surface area contributed by atoms with Crippen molar-refractivity contribution in [3.05, 3.63) is 34.9 Å². The molecule has 2 aliphatic rings. The first-order valence-electron chi connectivity index (χ1n) is 7.11. The van der Waals surface area contributed by atoms with Crippen LogP contribution in [0.15, 0.2) is 24.3 Å². The maximum Gasteiger partial charge on any atom is 0.0438 e. The van der Waals surface area contributed by atoms with E-state index in [9.17, 15) is 0 Å². The number of halogens is 1. The molecule has 2 aliphatic carbocycles. The number of rotatable bonds is 4. The van der Waals surface area contributed by atoms with Crippen molar-refractivity contribution < 1.29 is 0 Å². The van der Waals surface area contributed by atoms with Crippen molar-refractivity contribution in [3.63, 3.8) is 0 Å². The zero-order valence-corrected chi connectivity index (χ0v) is 11.8. The molecule has 1 aromatic carbocycles. The van der Waals surface area contributed by atoms with Gasteiger partial charge in [-0.15, -0.1) is 0 Å². The highest BCUT2D eigenvalue weighted by Gasteiger charge is 2.50. The third kappa shape index (κ3) is 2.08. The molecule has 0 amide bonds. The molecule has 0 spiro atoms. The predicted octanol–water partition coefficient (Wildman–Crippen LogP) is 3.91. The summed E-state index contributed by atoms with van der Waals surface area (Å²) in [6, 6.07) is 8.36. The number of hydrogen-bond donors (Lipinski definition) is 1. The van der Waals surface area contributed by atoms with Gasteiger partial charge in [-0.2, -0.15) is 0 Å². The Hall–Kier alpha value is -0.530. The van der Waals surface area contributed by atoms with Crippen molar-refractivity contribution in [2.75, 3.05) is 13.6 Å². The maximum absolute atomic E-state index is 6.35. The molecule has 1 aromatic rings. The van der Waals surface area contributed by atoms with E-state index >= 15 is 0 Å². The fourth-order valence-corrected chi connectivity index (χ4v) is 4.63. The number of nitrogens with one attached hydrogen (secondary N) is 1. The smallest absolute Gasteiger partial charge is 0.0438 e. The lowest BCUT2D eigenvalue weighted by Crippen LogP contribution is -2.39. The Morgan fingerprint density at radius 1 is 1.33 bits per heavy atom. The molecule has 3 rings (SSSR count). The first-order valence-corrected chi connectivity index (χ1v) is 7.49. The van der Waals surface area contributed by atoms with E-state index in [1.807, 2.05) is 12.1 Å². The lowest BCUT2D eigenvalue weighted by Gasteiger charge is -2.38. The number of benzene rings is 1. The molecule has 0 aliphatic heterocycles. The summed E-state index contributed by atoms with van der Waals surface area (Å²) in [7, 11) is 2.08. The first kappa shape index (κ1) is 12.5. The fraction of sp³-hybridized carbons (Fsp3) is 0.625. The Kier molecular flexibility index (Phi) is 3.38. The molecule has 1 nitrogen and oxygen atoms in total. The second kappa shape index (κ2) is 4.86. The van der Waals surface area contributed by atoms with Crippen molar-refractivity contribution >= 4 is 11.6 Å². The minimum atomic E-state index is 0.461. The molecule has 98 valence electrons. The van der Waals surface area contributed by atoms with E-state index in [0.29, 0.717) is 5.41 Å². The summed E-state index contributed by atoms with van der Waals surface area (Å²) in [6.45, 7) is 1.14. The summed E-state index contributed by atoms with van der Waals surface area (Å²) in [5.41, 5.74) is 1.80. The topological polar surface area (TPSA) is 12.0 Å². The van der Waals surface area contributed by atoms with E-state index in [4.69, 9.17) is 11.6 Å². The van der Waals surface area contributed by atoms with Crippen LogP contribution >= 0.6 is 11.6 Å². The van der Waals surface area contributed by atoms with Gasteiger partial charge >= 0.3 is 0 Å². The Bertz CT molecular complexity index is 431. The molecule has 0 radical (unpaired) electrons.